The highest BCUT2D eigenvalue weighted by Crippen LogP contribution is 2.20. The molecule has 27 heteroatoms. The van der Waals surface area contributed by atoms with Crippen molar-refractivity contribution in [3.8, 4) is 0 Å². The molecule has 1 heterocycles. The summed E-state index contributed by atoms with van der Waals surface area (Å²) in [6.07, 6.45) is -4.17. The third-order valence-corrected chi connectivity index (χ3v) is 8.94. The van der Waals surface area contributed by atoms with Crippen molar-refractivity contribution in [3.63, 3.8) is 0 Å². The van der Waals surface area contributed by atoms with Gasteiger partial charge in [0.2, 0.25) is 47.3 Å². The maximum atomic E-state index is 13.8. The smallest absolute Gasteiger partial charge is 0.322 e. The molecule has 0 aromatic carbocycles. The van der Waals surface area contributed by atoms with Gasteiger partial charge in [0.1, 0.15) is 42.8 Å². The van der Waals surface area contributed by atoms with Crippen molar-refractivity contribution in [1.29, 1.82) is 5.41 Å². The minimum Gasteiger partial charge on any atom is -0.481 e. The maximum Gasteiger partial charge on any atom is 0.322 e. The number of primary amides is 1. The number of carbonyl (C=O) groups is 11. The quantitative estimate of drug-likeness (QED) is 0.0218. The molecular weight excluding hydrogens is 816 g/mol. The van der Waals surface area contributed by atoms with Gasteiger partial charge in [-0.25, -0.2) is 0 Å². The average Bonchev–Trinajstić information content (AvgIpc) is 3.64. The van der Waals surface area contributed by atoms with Crippen molar-refractivity contribution in [2.24, 2.45) is 23.1 Å². The number of likely N-dealkylation sites (tertiary alicyclic amines) is 1. The lowest BCUT2D eigenvalue weighted by Crippen LogP contribution is -2.62. The Balaban J connectivity index is 3.34. The Kier molecular flexibility index (Phi) is 21.5. The first kappa shape index (κ1) is 52.4. The molecule has 18 N–H and O–H groups in total. The van der Waals surface area contributed by atoms with Crippen LogP contribution >= 0.6 is 0 Å². The number of nitrogens with zero attached hydrogens (tertiary/aromatic N) is 1. The van der Waals surface area contributed by atoms with Crippen LogP contribution in [0.2, 0.25) is 0 Å². The summed E-state index contributed by atoms with van der Waals surface area (Å²) in [6.45, 7) is 3.30. The molecule has 1 aliphatic rings. The second-order valence-electron chi connectivity index (χ2n) is 14.4. The van der Waals surface area contributed by atoms with E-state index in [1.807, 2.05) is 0 Å². The molecule has 1 saturated heterocycles. The van der Waals surface area contributed by atoms with Crippen molar-refractivity contribution in [2.75, 3.05) is 19.6 Å². The van der Waals surface area contributed by atoms with Crippen LogP contribution in [-0.2, 0) is 52.7 Å². The highest BCUT2D eigenvalue weighted by molar-refractivity contribution is 5.99. The van der Waals surface area contributed by atoms with E-state index in [4.69, 9.17) is 32.8 Å². The Hall–Kier alpha value is -6.64. The van der Waals surface area contributed by atoms with Gasteiger partial charge in [-0.1, -0.05) is 13.8 Å². The summed E-state index contributed by atoms with van der Waals surface area (Å²) in [6, 6.07) is -11.4. The first-order valence-corrected chi connectivity index (χ1v) is 18.9. The van der Waals surface area contributed by atoms with Gasteiger partial charge in [0, 0.05) is 13.1 Å². The molecule has 8 amide bonds. The number of nitrogens with two attached hydrogens (primary N) is 3. The van der Waals surface area contributed by atoms with Gasteiger partial charge in [-0.2, -0.15) is 0 Å². The highest BCUT2D eigenvalue weighted by Gasteiger charge is 2.40. The lowest BCUT2D eigenvalue weighted by Gasteiger charge is -2.30. The lowest BCUT2D eigenvalue weighted by molar-refractivity contribution is -0.144. The summed E-state index contributed by atoms with van der Waals surface area (Å²) in [5.41, 5.74) is 16.2. The molecular formula is C34H56N12O15. The molecule has 1 aliphatic heterocycles. The van der Waals surface area contributed by atoms with E-state index < -0.39 is 151 Å². The zero-order valence-electron chi connectivity index (χ0n) is 33.7. The Labute approximate surface area is 348 Å². The summed E-state index contributed by atoms with van der Waals surface area (Å²) in [5.74, 6) is -14.2. The SMILES string of the molecule is CC(C)[C@H](NC(=O)[C@@H](N)CC(=O)O)C(=O)N[C@@H](CC(N)=O)C(=O)N[C@H](C(=O)N[C@@H](CC(=O)O)C(=O)N[C@@H](CCCNC(=N)N)C(=O)N1CCC[C@H]1C(=O)NCC(=O)O)[C@@H](C)O. The largest absolute Gasteiger partial charge is 0.481 e. The van der Waals surface area contributed by atoms with Crippen molar-refractivity contribution >= 4 is 71.1 Å². The van der Waals surface area contributed by atoms with Crippen LogP contribution in [0.1, 0.15) is 65.7 Å². The second kappa shape index (κ2) is 25.1. The monoisotopic (exact) mass is 872 g/mol. The van der Waals surface area contributed by atoms with E-state index in [-0.39, 0.29) is 32.4 Å². The van der Waals surface area contributed by atoms with E-state index in [1.165, 1.54) is 13.8 Å². The number of aliphatic hydroxyl groups excluding tert-OH is 1. The first-order valence-electron chi connectivity index (χ1n) is 18.9. The molecule has 61 heavy (non-hydrogen) atoms. The van der Waals surface area contributed by atoms with Crippen LogP contribution in [-0.4, -0.2) is 164 Å². The van der Waals surface area contributed by atoms with E-state index in [0.29, 0.717) is 6.42 Å². The van der Waals surface area contributed by atoms with Crippen LogP contribution in [0.25, 0.3) is 0 Å². The number of carboxylic acid groups (broad SMARTS) is 3. The van der Waals surface area contributed by atoms with E-state index >= 15 is 0 Å². The number of aliphatic carboxylic acids is 3. The molecule has 0 aromatic heterocycles. The fourth-order valence-corrected chi connectivity index (χ4v) is 5.90. The molecule has 0 spiro atoms. The zero-order valence-corrected chi connectivity index (χ0v) is 33.7. The van der Waals surface area contributed by atoms with Crippen LogP contribution in [0.5, 0.6) is 0 Å². The zero-order chi connectivity index (χ0) is 46.7. The Bertz CT molecular complexity index is 1680. The number of carboxylic acids is 3. The van der Waals surface area contributed by atoms with E-state index in [2.05, 4.69) is 37.2 Å². The van der Waals surface area contributed by atoms with Gasteiger partial charge in [0.05, 0.1) is 31.4 Å². The van der Waals surface area contributed by atoms with Crippen LogP contribution in [0.15, 0.2) is 0 Å². The average molecular weight is 873 g/mol. The van der Waals surface area contributed by atoms with Crippen molar-refractivity contribution in [1.82, 2.24) is 42.1 Å². The molecule has 1 rings (SSSR count). The lowest BCUT2D eigenvalue weighted by atomic mass is 10.0. The Morgan fingerprint density at radius 1 is 0.689 bits per heavy atom. The van der Waals surface area contributed by atoms with Crippen LogP contribution in [0, 0.1) is 11.3 Å². The molecule has 1 fully saturated rings. The minimum atomic E-state index is -2.00. The number of guanidine groups is 1. The highest BCUT2D eigenvalue weighted by atomic mass is 16.4. The van der Waals surface area contributed by atoms with Gasteiger partial charge < -0.3 is 79.7 Å². The van der Waals surface area contributed by atoms with E-state index in [1.54, 1.807) is 0 Å². The first-order chi connectivity index (χ1) is 28.3. The number of amides is 8. The third-order valence-electron chi connectivity index (χ3n) is 8.94. The fraction of sp³-hybridized carbons (Fsp3) is 0.647. The Morgan fingerprint density at radius 2 is 1.21 bits per heavy atom. The minimum absolute atomic E-state index is 0.0258. The van der Waals surface area contributed by atoms with Gasteiger partial charge in [-0.15, -0.1) is 0 Å². The second-order valence-corrected chi connectivity index (χ2v) is 14.4. The standard InChI is InChI=1S/C34H56N12O15/c1-14(2)25(44-27(55)16(35)10-22(49)50)31(59)42-18(11-21(36)48)29(57)45-26(15(3)47)32(60)43-19(12-23(51)52)28(56)41-17(6-4-8-39-34(37)38)33(61)46-9-5-7-20(46)30(58)40-13-24(53)54/h14-20,25-26,47H,4-13,35H2,1-3H3,(H2,36,48)(H,40,58)(H,41,56)(H,42,59)(H,43,60)(H,44,55)(H,45,57)(H,49,50)(H,51,52)(H,53,54)(H4,37,38,39)/t15-,16+,17+,18+,19+,20+,25+,26+/m1/s1. The van der Waals surface area contributed by atoms with Crippen LogP contribution < -0.4 is 54.4 Å². The summed E-state index contributed by atoms with van der Waals surface area (Å²) in [5, 5.41) is 61.1. The molecule has 0 aromatic rings. The normalized spacial score (nSPS) is 16.8. The van der Waals surface area contributed by atoms with E-state index in [0.717, 1.165) is 11.8 Å². The topological polar surface area (TPSA) is 458 Å². The summed E-state index contributed by atoms with van der Waals surface area (Å²) >= 11 is 0. The van der Waals surface area contributed by atoms with Gasteiger partial charge >= 0.3 is 17.9 Å². The fourth-order valence-electron chi connectivity index (χ4n) is 5.90. The number of aliphatic hydroxyl groups is 1. The van der Waals surface area contributed by atoms with Crippen molar-refractivity contribution < 1.29 is 73.2 Å². The molecule has 8 atom stereocenters. The molecule has 342 valence electrons. The van der Waals surface area contributed by atoms with Gasteiger partial charge in [-0.05, 0) is 38.5 Å². The van der Waals surface area contributed by atoms with Gasteiger partial charge in [0.25, 0.3) is 0 Å². The molecule has 0 unspecified atom stereocenters. The third kappa shape index (κ3) is 18.4. The molecule has 0 bridgehead atoms. The van der Waals surface area contributed by atoms with Crippen molar-refractivity contribution in [3.05, 3.63) is 0 Å². The molecule has 0 radical (unpaired) electrons. The van der Waals surface area contributed by atoms with Gasteiger partial charge in [-0.3, -0.25) is 58.1 Å². The van der Waals surface area contributed by atoms with Crippen LogP contribution in [0.3, 0.4) is 0 Å². The molecule has 0 aliphatic carbocycles. The predicted octanol–water partition coefficient (Wildman–Crippen LogP) is -6.95. The Morgan fingerprint density at radius 3 is 1.72 bits per heavy atom. The molecule has 0 saturated carbocycles. The summed E-state index contributed by atoms with van der Waals surface area (Å²) < 4.78 is 0. The number of rotatable bonds is 26. The number of hydrogen-bond donors (Lipinski definition) is 15. The van der Waals surface area contributed by atoms with Gasteiger partial charge in [0.15, 0.2) is 5.96 Å². The number of carbonyl (C=O) groups excluding carboxylic acids is 8. The summed E-state index contributed by atoms with van der Waals surface area (Å²) in [7, 11) is 0. The maximum absolute atomic E-state index is 13.8. The number of hydrogen-bond acceptors (Lipinski definition) is 14. The van der Waals surface area contributed by atoms with E-state index in [9.17, 15) is 63.0 Å². The molecule has 27 nitrogen and oxygen atoms in total. The van der Waals surface area contributed by atoms with Crippen LogP contribution in [0.4, 0.5) is 0 Å². The van der Waals surface area contributed by atoms with Crippen molar-refractivity contribution in [2.45, 2.75) is 114 Å². The number of nitrogens with one attached hydrogen (secondary N) is 8. The summed E-state index contributed by atoms with van der Waals surface area (Å²) in [4.78, 5) is 140. The predicted molar refractivity (Wildman–Crippen MR) is 207 cm³/mol.